The SMILES string of the molecule is CC(C)C1(N)CN(c2ccnc3cc(Cl)ccc23)C1. The van der Waals surface area contributed by atoms with Crippen molar-refractivity contribution in [2.45, 2.75) is 19.4 Å². The minimum Gasteiger partial charge on any atom is -0.367 e. The summed E-state index contributed by atoms with van der Waals surface area (Å²) in [6.07, 6.45) is 1.83. The molecule has 19 heavy (non-hydrogen) atoms. The summed E-state index contributed by atoms with van der Waals surface area (Å²) in [6.45, 7) is 6.16. The summed E-state index contributed by atoms with van der Waals surface area (Å²) in [6, 6.07) is 7.90. The van der Waals surface area contributed by atoms with Crippen molar-refractivity contribution in [1.82, 2.24) is 4.98 Å². The molecule has 0 radical (unpaired) electrons. The van der Waals surface area contributed by atoms with Crippen LogP contribution in [0, 0.1) is 5.92 Å². The second kappa shape index (κ2) is 4.36. The number of nitrogens with zero attached hydrogens (tertiary/aromatic N) is 2. The standard InChI is InChI=1S/C15H18ClN3/c1-10(2)15(17)8-19(9-15)14-5-6-18-13-7-11(16)3-4-12(13)14/h3-7,10H,8-9,17H2,1-2H3. The fourth-order valence-electron chi connectivity index (χ4n) is 2.58. The fourth-order valence-corrected chi connectivity index (χ4v) is 2.75. The van der Waals surface area contributed by atoms with Crippen LogP contribution in [0.1, 0.15) is 13.8 Å². The second-order valence-electron chi connectivity index (χ2n) is 5.74. The maximum Gasteiger partial charge on any atom is 0.0737 e. The predicted octanol–water partition coefficient (Wildman–Crippen LogP) is 3.06. The highest BCUT2D eigenvalue weighted by Crippen LogP contribution is 2.35. The van der Waals surface area contributed by atoms with Crippen molar-refractivity contribution in [1.29, 1.82) is 0 Å². The highest BCUT2D eigenvalue weighted by Gasteiger charge is 2.42. The Balaban J connectivity index is 1.95. The number of fused-ring (bicyclic) bond motifs is 1. The monoisotopic (exact) mass is 275 g/mol. The molecule has 0 unspecified atom stereocenters. The normalized spacial score (nSPS) is 17.8. The summed E-state index contributed by atoms with van der Waals surface area (Å²) < 4.78 is 0. The van der Waals surface area contributed by atoms with Crippen molar-refractivity contribution in [3.63, 3.8) is 0 Å². The number of anilines is 1. The highest BCUT2D eigenvalue weighted by molar-refractivity contribution is 6.31. The van der Waals surface area contributed by atoms with Gasteiger partial charge in [-0.2, -0.15) is 0 Å². The Morgan fingerprint density at radius 1 is 1.32 bits per heavy atom. The van der Waals surface area contributed by atoms with E-state index in [1.54, 1.807) is 0 Å². The molecule has 1 aliphatic rings. The van der Waals surface area contributed by atoms with Crippen LogP contribution < -0.4 is 10.6 Å². The Morgan fingerprint density at radius 3 is 2.74 bits per heavy atom. The van der Waals surface area contributed by atoms with Gasteiger partial charge in [-0.1, -0.05) is 25.4 Å². The van der Waals surface area contributed by atoms with Crippen molar-refractivity contribution in [3.05, 3.63) is 35.5 Å². The van der Waals surface area contributed by atoms with Crippen molar-refractivity contribution < 1.29 is 0 Å². The predicted molar refractivity (Wildman–Crippen MR) is 80.7 cm³/mol. The van der Waals surface area contributed by atoms with E-state index in [4.69, 9.17) is 17.3 Å². The zero-order valence-electron chi connectivity index (χ0n) is 11.2. The summed E-state index contributed by atoms with van der Waals surface area (Å²) in [5, 5.41) is 1.86. The molecule has 1 aromatic heterocycles. The lowest BCUT2D eigenvalue weighted by molar-refractivity contribution is 0.245. The van der Waals surface area contributed by atoms with Crippen molar-refractivity contribution in [2.75, 3.05) is 18.0 Å². The number of benzene rings is 1. The number of rotatable bonds is 2. The maximum absolute atomic E-state index is 6.36. The van der Waals surface area contributed by atoms with Gasteiger partial charge in [-0.3, -0.25) is 4.98 Å². The molecule has 4 heteroatoms. The molecule has 0 atom stereocenters. The van der Waals surface area contributed by atoms with Gasteiger partial charge in [-0.25, -0.2) is 0 Å². The molecule has 1 aliphatic heterocycles. The molecule has 1 aromatic carbocycles. The Labute approximate surface area is 118 Å². The minimum absolute atomic E-state index is 0.0674. The lowest BCUT2D eigenvalue weighted by Gasteiger charge is -2.51. The third kappa shape index (κ3) is 2.07. The van der Waals surface area contributed by atoms with E-state index in [1.165, 1.54) is 5.69 Å². The molecule has 2 heterocycles. The van der Waals surface area contributed by atoms with Crippen LogP contribution in [0.3, 0.4) is 0 Å². The van der Waals surface area contributed by atoms with E-state index in [2.05, 4.69) is 29.8 Å². The molecular weight excluding hydrogens is 258 g/mol. The zero-order valence-corrected chi connectivity index (χ0v) is 12.0. The first-order chi connectivity index (χ1) is 8.99. The molecule has 0 amide bonds. The van der Waals surface area contributed by atoms with E-state index in [0.717, 1.165) is 29.0 Å². The molecular formula is C15H18ClN3. The molecule has 2 aromatic rings. The van der Waals surface area contributed by atoms with Crippen molar-refractivity contribution in [3.8, 4) is 0 Å². The molecule has 2 N–H and O–H groups in total. The van der Waals surface area contributed by atoms with Crippen LogP contribution in [0.2, 0.25) is 5.02 Å². The molecule has 0 bridgehead atoms. The first-order valence-electron chi connectivity index (χ1n) is 6.58. The van der Waals surface area contributed by atoms with E-state index in [0.29, 0.717) is 5.92 Å². The van der Waals surface area contributed by atoms with E-state index < -0.39 is 0 Å². The third-order valence-electron chi connectivity index (χ3n) is 4.14. The molecule has 3 nitrogen and oxygen atoms in total. The maximum atomic E-state index is 6.36. The third-order valence-corrected chi connectivity index (χ3v) is 4.38. The van der Waals surface area contributed by atoms with E-state index in [9.17, 15) is 0 Å². The van der Waals surface area contributed by atoms with Crippen LogP contribution in [0.15, 0.2) is 30.5 Å². The van der Waals surface area contributed by atoms with Gasteiger partial charge in [0.1, 0.15) is 0 Å². The van der Waals surface area contributed by atoms with Gasteiger partial charge in [0.2, 0.25) is 0 Å². The van der Waals surface area contributed by atoms with Gasteiger partial charge in [0.05, 0.1) is 11.1 Å². The summed E-state index contributed by atoms with van der Waals surface area (Å²) in [5.74, 6) is 0.492. The lowest BCUT2D eigenvalue weighted by Crippen LogP contribution is -2.70. The van der Waals surface area contributed by atoms with Crippen LogP contribution in [0.25, 0.3) is 10.9 Å². The number of hydrogen-bond donors (Lipinski definition) is 1. The van der Waals surface area contributed by atoms with Gasteiger partial charge < -0.3 is 10.6 Å². The van der Waals surface area contributed by atoms with Crippen LogP contribution in [-0.2, 0) is 0 Å². The summed E-state index contributed by atoms with van der Waals surface area (Å²) >= 11 is 6.01. The van der Waals surface area contributed by atoms with E-state index in [1.807, 2.05) is 24.4 Å². The Kier molecular flexibility index (Phi) is 2.91. The zero-order chi connectivity index (χ0) is 13.6. The van der Waals surface area contributed by atoms with Gasteiger partial charge >= 0.3 is 0 Å². The average molecular weight is 276 g/mol. The summed E-state index contributed by atoms with van der Waals surface area (Å²) in [5.41, 5.74) is 8.43. The average Bonchev–Trinajstić information content (AvgIpc) is 2.33. The fraction of sp³-hybridized carbons (Fsp3) is 0.400. The van der Waals surface area contributed by atoms with Crippen LogP contribution >= 0.6 is 11.6 Å². The molecule has 100 valence electrons. The van der Waals surface area contributed by atoms with Crippen molar-refractivity contribution >= 4 is 28.2 Å². The van der Waals surface area contributed by atoms with Crippen LogP contribution in [0.5, 0.6) is 0 Å². The Hall–Kier alpha value is -1.32. The topological polar surface area (TPSA) is 42.1 Å². The van der Waals surface area contributed by atoms with E-state index >= 15 is 0 Å². The molecule has 3 rings (SSSR count). The van der Waals surface area contributed by atoms with Crippen molar-refractivity contribution in [2.24, 2.45) is 11.7 Å². The van der Waals surface area contributed by atoms with Gasteiger partial charge in [0.15, 0.2) is 0 Å². The lowest BCUT2D eigenvalue weighted by atomic mass is 9.80. The molecule has 0 aliphatic carbocycles. The first kappa shape index (κ1) is 12.7. The highest BCUT2D eigenvalue weighted by atomic mass is 35.5. The number of aromatic nitrogens is 1. The van der Waals surface area contributed by atoms with Crippen LogP contribution in [-0.4, -0.2) is 23.6 Å². The minimum atomic E-state index is -0.0674. The smallest absolute Gasteiger partial charge is 0.0737 e. The number of halogens is 1. The molecule has 1 saturated heterocycles. The van der Waals surface area contributed by atoms with E-state index in [-0.39, 0.29) is 5.54 Å². The summed E-state index contributed by atoms with van der Waals surface area (Å²) in [4.78, 5) is 6.69. The van der Waals surface area contributed by atoms with Gasteiger partial charge in [0, 0.05) is 35.4 Å². The Bertz CT molecular complexity index is 618. The van der Waals surface area contributed by atoms with Gasteiger partial charge in [-0.15, -0.1) is 0 Å². The van der Waals surface area contributed by atoms with Gasteiger partial charge in [-0.05, 0) is 30.2 Å². The second-order valence-corrected chi connectivity index (χ2v) is 6.17. The Morgan fingerprint density at radius 2 is 2.05 bits per heavy atom. The largest absolute Gasteiger partial charge is 0.367 e. The number of pyridine rings is 1. The molecule has 0 saturated carbocycles. The van der Waals surface area contributed by atoms with Gasteiger partial charge in [0.25, 0.3) is 0 Å². The number of hydrogen-bond acceptors (Lipinski definition) is 3. The van der Waals surface area contributed by atoms with Crippen LogP contribution in [0.4, 0.5) is 5.69 Å². The molecule has 0 spiro atoms. The quantitative estimate of drug-likeness (QED) is 0.916. The number of nitrogens with two attached hydrogens (primary N) is 1. The first-order valence-corrected chi connectivity index (χ1v) is 6.95. The molecule has 1 fully saturated rings. The summed E-state index contributed by atoms with van der Waals surface area (Å²) in [7, 11) is 0.